The van der Waals surface area contributed by atoms with Crippen molar-refractivity contribution >= 4 is 5.78 Å². The Bertz CT molecular complexity index is 225. The van der Waals surface area contributed by atoms with Gasteiger partial charge in [0.05, 0.1) is 0 Å². The van der Waals surface area contributed by atoms with E-state index in [1.807, 2.05) is 0 Å². The van der Waals surface area contributed by atoms with E-state index in [0.29, 0.717) is 11.7 Å². The molecule has 0 spiro atoms. The standard InChI is InChI=1S/C12H20O/c1-4-9(3)12(5-2)10-6-7-11(13)8-10/h10H,4-8H2,1-3H3/b12-9+. The summed E-state index contributed by atoms with van der Waals surface area (Å²) in [6, 6.07) is 0. The van der Waals surface area contributed by atoms with Gasteiger partial charge in [-0.25, -0.2) is 0 Å². The second-order valence-corrected chi connectivity index (χ2v) is 3.99. The molecule has 0 aromatic carbocycles. The Hall–Kier alpha value is -0.590. The Morgan fingerprint density at radius 3 is 2.46 bits per heavy atom. The van der Waals surface area contributed by atoms with Crippen molar-refractivity contribution in [3.8, 4) is 0 Å². The van der Waals surface area contributed by atoms with Crippen LogP contribution in [-0.4, -0.2) is 5.78 Å². The van der Waals surface area contributed by atoms with E-state index in [9.17, 15) is 4.79 Å². The zero-order valence-corrected chi connectivity index (χ0v) is 9.02. The van der Waals surface area contributed by atoms with Gasteiger partial charge in [0.15, 0.2) is 0 Å². The highest BCUT2D eigenvalue weighted by Gasteiger charge is 2.24. The van der Waals surface area contributed by atoms with E-state index in [1.165, 1.54) is 5.57 Å². The van der Waals surface area contributed by atoms with Gasteiger partial charge >= 0.3 is 0 Å². The van der Waals surface area contributed by atoms with Crippen molar-refractivity contribution in [3.63, 3.8) is 0 Å². The molecule has 0 aromatic rings. The summed E-state index contributed by atoms with van der Waals surface area (Å²) in [5.74, 6) is 1.04. The van der Waals surface area contributed by atoms with Crippen molar-refractivity contribution in [3.05, 3.63) is 11.1 Å². The highest BCUT2D eigenvalue weighted by molar-refractivity contribution is 5.81. The third-order valence-electron chi connectivity index (χ3n) is 3.20. The lowest BCUT2D eigenvalue weighted by atomic mass is 9.90. The number of allylic oxidation sites excluding steroid dienone is 2. The second-order valence-electron chi connectivity index (χ2n) is 3.99. The number of hydrogen-bond acceptors (Lipinski definition) is 1. The van der Waals surface area contributed by atoms with Crippen LogP contribution < -0.4 is 0 Å². The smallest absolute Gasteiger partial charge is 0.133 e. The maximum Gasteiger partial charge on any atom is 0.133 e. The van der Waals surface area contributed by atoms with Crippen LogP contribution in [0.3, 0.4) is 0 Å². The molecule has 0 saturated heterocycles. The fourth-order valence-corrected chi connectivity index (χ4v) is 2.28. The van der Waals surface area contributed by atoms with Gasteiger partial charge < -0.3 is 0 Å². The fourth-order valence-electron chi connectivity index (χ4n) is 2.28. The highest BCUT2D eigenvalue weighted by Crippen LogP contribution is 2.33. The minimum atomic E-state index is 0.458. The summed E-state index contributed by atoms with van der Waals surface area (Å²) in [4.78, 5) is 11.2. The van der Waals surface area contributed by atoms with Gasteiger partial charge in [0, 0.05) is 12.8 Å². The molecule has 0 bridgehead atoms. The summed E-state index contributed by atoms with van der Waals surface area (Å²) < 4.78 is 0. The number of carbonyl (C=O) groups excluding carboxylic acids is 1. The summed E-state index contributed by atoms with van der Waals surface area (Å²) in [6.07, 6.45) is 4.97. The van der Waals surface area contributed by atoms with E-state index in [2.05, 4.69) is 20.8 Å². The van der Waals surface area contributed by atoms with Gasteiger partial charge in [-0.1, -0.05) is 25.0 Å². The number of Topliss-reactive ketones (excluding diaryl/α,β-unsaturated/α-hetero) is 1. The molecule has 0 aliphatic heterocycles. The summed E-state index contributed by atoms with van der Waals surface area (Å²) >= 11 is 0. The Morgan fingerprint density at radius 2 is 2.08 bits per heavy atom. The lowest BCUT2D eigenvalue weighted by molar-refractivity contribution is -0.117. The van der Waals surface area contributed by atoms with Crippen molar-refractivity contribution in [1.29, 1.82) is 0 Å². The van der Waals surface area contributed by atoms with Crippen molar-refractivity contribution in [2.24, 2.45) is 5.92 Å². The first-order chi connectivity index (χ1) is 6.19. The van der Waals surface area contributed by atoms with E-state index in [-0.39, 0.29) is 0 Å². The van der Waals surface area contributed by atoms with Crippen LogP contribution in [0.4, 0.5) is 0 Å². The predicted octanol–water partition coefficient (Wildman–Crippen LogP) is 3.49. The summed E-state index contributed by atoms with van der Waals surface area (Å²) in [7, 11) is 0. The zero-order chi connectivity index (χ0) is 9.84. The first-order valence-electron chi connectivity index (χ1n) is 5.39. The summed E-state index contributed by atoms with van der Waals surface area (Å²) in [5.41, 5.74) is 3.05. The average Bonchev–Trinajstić information content (AvgIpc) is 2.53. The third-order valence-corrected chi connectivity index (χ3v) is 3.20. The molecule has 1 atom stereocenters. The predicted molar refractivity (Wildman–Crippen MR) is 55.6 cm³/mol. The van der Waals surface area contributed by atoms with Gasteiger partial charge in [0.1, 0.15) is 5.78 Å². The van der Waals surface area contributed by atoms with Crippen LogP contribution in [0.5, 0.6) is 0 Å². The minimum Gasteiger partial charge on any atom is -0.300 e. The molecular formula is C12H20O. The lowest BCUT2D eigenvalue weighted by Gasteiger charge is -2.15. The molecule has 1 aliphatic rings. The van der Waals surface area contributed by atoms with Gasteiger partial charge in [0.25, 0.3) is 0 Å². The first-order valence-corrected chi connectivity index (χ1v) is 5.39. The van der Waals surface area contributed by atoms with Crippen LogP contribution >= 0.6 is 0 Å². The molecule has 1 fully saturated rings. The summed E-state index contributed by atoms with van der Waals surface area (Å²) in [6.45, 7) is 6.61. The summed E-state index contributed by atoms with van der Waals surface area (Å²) in [5, 5.41) is 0. The maximum atomic E-state index is 11.2. The molecule has 1 rings (SSSR count). The molecule has 74 valence electrons. The van der Waals surface area contributed by atoms with Crippen molar-refractivity contribution in [1.82, 2.24) is 0 Å². The van der Waals surface area contributed by atoms with Gasteiger partial charge in [-0.3, -0.25) is 4.79 Å². The van der Waals surface area contributed by atoms with Gasteiger partial charge in [0.2, 0.25) is 0 Å². The van der Waals surface area contributed by atoms with Gasteiger partial charge in [-0.05, 0) is 32.1 Å². The van der Waals surface area contributed by atoms with Crippen molar-refractivity contribution in [2.45, 2.75) is 52.9 Å². The number of hydrogen-bond donors (Lipinski definition) is 0. The molecule has 0 heterocycles. The minimum absolute atomic E-state index is 0.458. The van der Waals surface area contributed by atoms with Crippen LogP contribution in [-0.2, 0) is 4.79 Å². The lowest BCUT2D eigenvalue weighted by Crippen LogP contribution is -2.02. The van der Waals surface area contributed by atoms with Crippen LogP contribution in [0, 0.1) is 5.92 Å². The number of carbonyl (C=O) groups is 1. The molecular weight excluding hydrogens is 160 g/mol. The number of rotatable bonds is 3. The van der Waals surface area contributed by atoms with E-state index in [1.54, 1.807) is 5.57 Å². The molecule has 0 amide bonds. The highest BCUT2D eigenvalue weighted by atomic mass is 16.1. The Labute approximate surface area is 81.2 Å². The molecule has 1 saturated carbocycles. The largest absolute Gasteiger partial charge is 0.300 e. The second kappa shape index (κ2) is 4.59. The molecule has 1 heteroatoms. The van der Waals surface area contributed by atoms with E-state index < -0.39 is 0 Å². The normalized spacial score (nSPS) is 24.8. The molecule has 1 nitrogen and oxygen atoms in total. The average molecular weight is 180 g/mol. The quantitative estimate of drug-likeness (QED) is 0.607. The zero-order valence-electron chi connectivity index (χ0n) is 9.02. The molecule has 0 aromatic heterocycles. The number of ketones is 1. The first kappa shape index (κ1) is 10.5. The van der Waals surface area contributed by atoms with Crippen LogP contribution in [0.15, 0.2) is 11.1 Å². The molecule has 0 radical (unpaired) electrons. The fraction of sp³-hybridized carbons (Fsp3) is 0.750. The van der Waals surface area contributed by atoms with Gasteiger partial charge in [-0.2, -0.15) is 0 Å². The SMILES string of the molecule is CC/C(C)=C(\CC)C1CCC(=O)C1. The van der Waals surface area contributed by atoms with Crippen LogP contribution in [0.1, 0.15) is 52.9 Å². The molecule has 1 unspecified atom stereocenters. The molecule has 13 heavy (non-hydrogen) atoms. The molecule has 0 N–H and O–H groups in total. The van der Waals surface area contributed by atoms with Crippen LogP contribution in [0.2, 0.25) is 0 Å². The van der Waals surface area contributed by atoms with E-state index in [4.69, 9.17) is 0 Å². The Kier molecular flexibility index (Phi) is 3.71. The monoisotopic (exact) mass is 180 g/mol. The van der Waals surface area contributed by atoms with E-state index >= 15 is 0 Å². The van der Waals surface area contributed by atoms with Crippen molar-refractivity contribution in [2.75, 3.05) is 0 Å². The maximum absolute atomic E-state index is 11.2. The van der Waals surface area contributed by atoms with Crippen molar-refractivity contribution < 1.29 is 4.79 Å². The van der Waals surface area contributed by atoms with Crippen LogP contribution in [0.25, 0.3) is 0 Å². The topological polar surface area (TPSA) is 17.1 Å². The van der Waals surface area contributed by atoms with E-state index in [0.717, 1.165) is 32.1 Å². The Morgan fingerprint density at radius 1 is 1.38 bits per heavy atom. The Balaban J connectivity index is 2.73. The molecule has 1 aliphatic carbocycles. The third kappa shape index (κ3) is 2.43. The van der Waals surface area contributed by atoms with Gasteiger partial charge in [-0.15, -0.1) is 0 Å².